The Labute approximate surface area is 163 Å². The molecule has 0 aliphatic carbocycles. The van der Waals surface area contributed by atoms with Gasteiger partial charge in [-0.25, -0.2) is 0 Å². The van der Waals surface area contributed by atoms with E-state index in [2.05, 4.69) is 10.2 Å². The van der Waals surface area contributed by atoms with Crippen molar-refractivity contribution in [3.05, 3.63) is 24.3 Å². The Balaban J connectivity index is 1.78. The standard InChI is InChI=1S/C20H26N4O4/c1-2-28-13-12-24-16-9-6-5-8-15(16)19(20(24)27)22-21-17(25)14-23-11-7-3-4-10-18(23)26/h5-6,8-9,27H,2-4,7,10-14H2,1H3. The van der Waals surface area contributed by atoms with E-state index in [0.717, 1.165) is 24.8 Å². The summed E-state index contributed by atoms with van der Waals surface area (Å²) in [5.41, 5.74) is 1.05. The Morgan fingerprint density at radius 1 is 1.25 bits per heavy atom. The van der Waals surface area contributed by atoms with Crippen molar-refractivity contribution >= 4 is 28.4 Å². The summed E-state index contributed by atoms with van der Waals surface area (Å²) >= 11 is 0. The number of aromatic nitrogens is 1. The van der Waals surface area contributed by atoms with Crippen LogP contribution in [0, 0.1) is 0 Å². The number of carbonyl (C=O) groups excluding carboxylic acids is 2. The summed E-state index contributed by atoms with van der Waals surface area (Å²) in [5.74, 6) is -0.569. The van der Waals surface area contributed by atoms with Crippen molar-refractivity contribution in [2.75, 3.05) is 26.3 Å². The third kappa shape index (κ3) is 4.56. The van der Waals surface area contributed by atoms with Gasteiger partial charge in [-0.1, -0.05) is 24.6 Å². The topological polar surface area (TPSA) is 96.5 Å². The summed E-state index contributed by atoms with van der Waals surface area (Å²) in [6.45, 7) is 3.92. The molecular formula is C20H26N4O4. The lowest BCUT2D eigenvalue weighted by atomic mass is 10.2. The van der Waals surface area contributed by atoms with E-state index in [9.17, 15) is 14.7 Å². The third-order valence-corrected chi connectivity index (χ3v) is 4.84. The molecule has 1 N–H and O–H groups in total. The van der Waals surface area contributed by atoms with Crippen molar-refractivity contribution < 1.29 is 19.4 Å². The molecule has 1 aliphatic rings. The highest BCUT2D eigenvalue weighted by Crippen LogP contribution is 2.38. The van der Waals surface area contributed by atoms with Crippen LogP contribution in [0.25, 0.3) is 10.9 Å². The second kappa shape index (κ2) is 9.45. The van der Waals surface area contributed by atoms with Crippen LogP contribution in [0.1, 0.15) is 32.6 Å². The molecule has 150 valence electrons. The van der Waals surface area contributed by atoms with Crippen LogP contribution in [-0.2, 0) is 20.9 Å². The van der Waals surface area contributed by atoms with Crippen LogP contribution in [0.2, 0.25) is 0 Å². The van der Waals surface area contributed by atoms with Crippen LogP contribution < -0.4 is 0 Å². The second-order valence-corrected chi connectivity index (χ2v) is 6.76. The number of nitrogens with zero attached hydrogens (tertiary/aromatic N) is 4. The Kier molecular flexibility index (Phi) is 6.76. The number of carbonyl (C=O) groups is 2. The number of amides is 2. The third-order valence-electron chi connectivity index (χ3n) is 4.84. The first-order chi connectivity index (χ1) is 13.6. The minimum absolute atomic E-state index is 0.0172. The van der Waals surface area contributed by atoms with Crippen LogP contribution in [-0.4, -0.2) is 52.7 Å². The molecule has 8 heteroatoms. The zero-order valence-electron chi connectivity index (χ0n) is 16.1. The van der Waals surface area contributed by atoms with Gasteiger partial charge < -0.3 is 19.3 Å². The van der Waals surface area contributed by atoms with Crippen molar-refractivity contribution in [2.24, 2.45) is 10.2 Å². The molecule has 0 radical (unpaired) electrons. The molecule has 8 nitrogen and oxygen atoms in total. The highest BCUT2D eigenvalue weighted by Gasteiger charge is 2.20. The van der Waals surface area contributed by atoms with E-state index in [0.29, 0.717) is 38.1 Å². The van der Waals surface area contributed by atoms with E-state index in [1.165, 1.54) is 0 Å². The van der Waals surface area contributed by atoms with Crippen molar-refractivity contribution in [1.82, 2.24) is 9.47 Å². The zero-order chi connectivity index (χ0) is 19.9. The first-order valence-electron chi connectivity index (χ1n) is 9.72. The lowest BCUT2D eigenvalue weighted by Gasteiger charge is -2.17. The van der Waals surface area contributed by atoms with E-state index < -0.39 is 5.91 Å². The molecule has 1 aromatic carbocycles. The normalized spacial score (nSPS) is 15.5. The van der Waals surface area contributed by atoms with E-state index in [1.807, 2.05) is 31.2 Å². The zero-order valence-corrected chi connectivity index (χ0v) is 16.1. The lowest BCUT2D eigenvalue weighted by Crippen LogP contribution is -2.34. The number of para-hydroxylation sites is 1. The van der Waals surface area contributed by atoms with E-state index in [4.69, 9.17) is 4.74 Å². The summed E-state index contributed by atoms with van der Waals surface area (Å²) in [5, 5.41) is 19.1. The van der Waals surface area contributed by atoms with Gasteiger partial charge in [-0.2, -0.15) is 0 Å². The molecular weight excluding hydrogens is 360 g/mol. The molecule has 2 aromatic rings. The van der Waals surface area contributed by atoms with Gasteiger partial charge in [0.1, 0.15) is 6.54 Å². The van der Waals surface area contributed by atoms with Crippen LogP contribution >= 0.6 is 0 Å². The summed E-state index contributed by atoms with van der Waals surface area (Å²) < 4.78 is 7.07. The van der Waals surface area contributed by atoms with Gasteiger partial charge in [0.2, 0.25) is 11.8 Å². The van der Waals surface area contributed by atoms with Crippen LogP contribution in [0.15, 0.2) is 34.5 Å². The molecule has 0 unspecified atom stereocenters. The average Bonchev–Trinajstić information content (AvgIpc) is 2.81. The van der Waals surface area contributed by atoms with Crippen molar-refractivity contribution in [3.63, 3.8) is 0 Å². The monoisotopic (exact) mass is 386 g/mol. The molecule has 0 bridgehead atoms. The molecule has 0 saturated carbocycles. The molecule has 3 rings (SSSR count). The predicted molar refractivity (Wildman–Crippen MR) is 105 cm³/mol. The molecule has 2 heterocycles. The van der Waals surface area contributed by atoms with Gasteiger partial charge in [0, 0.05) is 31.5 Å². The van der Waals surface area contributed by atoms with Crippen LogP contribution in [0.5, 0.6) is 5.88 Å². The number of hydrogen-bond acceptors (Lipinski definition) is 5. The molecule has 1 aromatic heterocycles. The highest BCUT2D eigenvalue weighted by atomic mass is 16.5. The fraction of sp³-hybridized carbons (Fsp3) is 0.500. The summed E-state index contributed by atoms with van der Waals surface area (Å²) in [7, 11) is 0. The van der Waals surface area contributed by atoms with E-state index >= 15 is 0 Å². The summed E-state index contributed by atoms with van der Waals surface area (Å²) in [4.78, 5) is 25.8. The molecule has 1 aliphatic heterocycles. The average molecular weight is 386 g/mol. The second-order valence-electron chi connectivity index (χ2n) is 6.76. The number of aromatic hydroxyl groups is 1. The number of rotatable bonds is 7. The molecule has 0 spiro atoms. The minimum Gasteiger partial charge on any atom is -0.493 e. The van der Waals surface area contributed by atoms with Gasteiger partial charge in [0.15, 0.2) is 5.69 Å². The maximum atomic E-state index is 12.2. The van der Waals surface area contributed by atoms with Gasteiger partial charge in [0.25, 0.3) is 5.91 Å². The number of hydrogen-bond donors (Lipinski definition) is 1. The number of azo groups is 1. The summed E-state index contributed by atoms with van der Waals surface area (Å²) in [6, 6.07) is 7.41. The van der Waals surface area contributed by atoms with Crippen molar-refractivity contribution in [1.29, 1.82) is 0 Å². The highest BCUT2D eigenvalue weighted by molar-refractivity contribution is 5.95. The number of likely N-dealkylation sites (tertiary alicyclic amines) is 1. The maximum absolute atomic E-state index is 12.2. The largest absolute Gasteiger partial charge is 0.493 e. The van der Waals surface area contributed by atoms with Gasteiger partial charge in [0.05, 0.1) is 12.1 Å². The molecule has 2 amide bonds. The smallest absolute Gasteiger partial charge is 0.283 e. The Morgan fingerprint density at radius 3 is 2.89 bits per heavy atom. The van der Waals surface area contributed by atoms with Gasteiger partial charge in [-0.3, -0.25) is 9.59 Å². The Hall–Kier alpha value is -2.74. The van der Waals surface area contributed by atoms with E-state index in [1.54, 1.807) is 9.47 Å². The molecule has 28 heavy (non-hydrogen) atoms. The number of ether oxygens (including phenoxy) is 1. The molecule has 0 atom stereocenters. The Bertz CT molecular complexity index is 874. The maximum Gasteiger partial charge on any atom is 0.283 e. The van der Waals surface area contributed by atoms with Crippen LogP contribution in [0.4, 0.5) is 5.69 Å². The van der Waals surface area contributed by atoms with Gasteiger partial charge in [-0.15, -0.1) is 10.2 Å². The lowest BCUT2D eigenvalue weighted by molar-refractivity contribution is -0.134. The molecule has 1 fully saturated rings. The fourth-order valence-corrected chi connectivity index (χ4v) is 3.40. The van der Waals surface area contributed by atoms with Crippen molar-refractivity contribution in [2.45, 2.75) is 39.2 Å². The predicted octanol–water partition coefficient (Wildman–Crippen LogP) is 3.40. The summed E-state index contributed by atoms with van der Waals surface area (Å²) in [6.07, 6.45) is 3.22. The van der Waals surface area contributed by atoms with Gasteiger partial charge >= 0.3 is 0 Å². The number of benzene rings is 1. The fourth-order valence-electron chi connectivity index (χ4n) is 3.40. The first-order valence-corrected chi connectivity index (χ1v) is 9.72. The van der Waals surface area contributed by atoms with Gasteiger partial charge in [-0.05, 0) is 25.8 Å². The van der Waals surface area contributed by atoms with Crippen molar-refractivity contribution in [3.8, 4) is 5.88 Å². The SMILES string of the molecule is CCOCCn1c(O)c(N=NC(=O)CN2CCCCCC2=O)c2ccccc21. The molecule has 1 saturated heterocycles. The Morgan fingerprint density at radius 2 is 2.07 bits per heavy atom. The first kappa shape index (κ1) is 20.0. The van der Waals surface area contributed by atoms with Crippen LogP contribution in [0.3, 0.4) is 0 Å². The number of fused-ring (bicyclic) bond motifs is 1. The quantitative estimate of drug-likeness (QED) is 0.583. The minimum atomic E-state index is -0.499. The van der Waals surface area contributed by atoms with E-state index in [-0.39, 0.29) is 24.0 Å².